The van der Waals surface area contributed by atoms with Gasteiger partial charge < -0.3 is 4.84 Å². The van der Waals surface area contributed by atoms with E-state index in [1.165, 1.54) is 37.8 Å². The lowest BCUT2D eigenvalue weighted by molar-refractivity contribution is 0.0268. The van der Waals surface area contributed by atoms with Crippen molar-refractivity contribution in [1.82, 2.24) is 0 Å². The highest BCUT2D eigenvalue weighted by Gasteiger charge is 2.28. The van der Waals surface area contributed by atoms with Gasteiger partial charge in [-0.05, 0) is 25.7 Å². The Hall–Kier alpha value is -0.530. The second kappa shape index (κ2) is 3.46. The summed E-state index contributed by atoms with van der Waals surface area (Å²) in [5.74, 6) is 0.792. The van der Waals surface area contributed by atoms with Crippen molar-refractivity contribution in [3.8, 4) is 0 Å². The van der Waals surface area contributed by atoms with Gasteiger partial charge in [-0.3, -0.25) is 0 Å². The zero-order chi connectivity index (χ0) is 8.39. The fourth-order valence-corrected chi connectivity index (χ4v) is 2.28. The van der Waals surface area contributed by atoms with E-state index in [0.29, 0.717) is 6.10 Å². The van der Waals surface area contributed by atoms with Crippen molar-refractivity contribution in [2.24, 2.45) is 11.1 Å². The van der Waals surface area contributed by atoms with Crippen molar-refractivity contribution in [1.29, 1.82) is 0 Å². The summed E-state index contributed by atoms with van der Waals surface area (Å²) in [5.41, 5.74) is 1.17. The van der Waals surface area contributed by atoms with Gasteiger partial charge in [-0.15, -0.1) is 0 Å². The molecule has 1 unspecified atom stereocenters. The van der Waals surface area contributed by atoms with Gasteiger partial charge in [0.15, 0.2) is 0 Å². The molecule has 0 aromatic carbocycles. The topological polar surface area (TPSA) is 21.6 Å². The highest BCUT2D eigenvalue weighted by Crippen LogP contribution is 2.31. The predicted molar refractivity (Wildman–Crippen MR) is 49.2 cm³/mol. The maximum Gasteiger partial charge on any atom is 0.135 e. The van der Waals surface area contributed by atoms with Crippen LogP contribution in [0, 0.1) is 5.92 Å². The largest absolute Gasteiger partial charge is 0.392 e. The normalized spacial score (nSPS) is 31.4. The van der Waals surface area contributed by atoms with Gasteiger partial charge in [0.05, 0.1) is 5.71 Å². The average molecular weight is 167 g/mol. The summed E-state index contributed by atoms with van der Waals surface area (Å²) in [6.07, 6.45) is 8.41. The first-order chi connectivity index (χ1) is 5.86. The highest BCUT2D eigenvalue weighted by molar-refractivity contribution is 5.82. The third kappa shape index (κ3) is 1.62. The molecular weight excluding hydrogens is 150 g/mol. The van der Waals surface area contributed by atoms with Crippen LogP contribution < -0.4 is 0 Å². The standard InChI is InChI=1S/C10H17NO/c1-8-7-10(12-11-8)9-5-3-2-4-6-9/h9-10H,2-7H2,1H3. The fraction of sp³-hybridized carbons (Fsp3) is 0.900. The Morgan fingerprint density at radius 3 is 2.58 bits per heavy atom. The van der Waals surface area contributed by atoms with Crippen LogP contribution in [0.2, 0.25) is 0 Å². The third-order valence-electron chi connectivity index (χ3n) is 3.02. The molecule has 2 heteroatoms. The second-order valence-corrected chi connectivity index (χ2v) is 4.07. The number of hydrogen-bond acceptors (Lipinski definition) is 2. The molecule has 2 nitrogen and oxygen atoms in total. The van der Waals surface area contributed by atoms with Crippen molar-refractivity contribution < 1.29 is 4.84 Å². The van der Waals surface area contributed by atoms with Gasteiger partial charge in [0, 0.05) is 6.42 Å². The number of oxime groups is 1. The van der Waals surface area contributed by atoms with Crippen LogP contribution in [-0.2, 0) is 4.84 Å². The van der Waals surface area contributed by atoms with Crippen LogP contribution in [0.1, 0.15) is 45.4 Å². The molecular formula is C10H17NO. The lowest BCUT2D eigenvalue weighted by Crippen LogP contribution is -2.22. The maximum atomic E-state index is 5.39. The van der Waals surface area contributed by atoms with E-state index in [-0.39, 0.29) is 0 Å². The summed E-state index contributed by atoms with van der Waals surface area (Å²) in [5, 5.41) is 4.01. The Bertz CT molecular complexity index is 182. The first-order valence-electron chi connectivity index (χ1n) is 5.05. The van der Waals surface area contributed by atoms with Crippen LogP contribution in [0.15, 0.2) is 5.16 Å². The lowest BCUT2D eigenvalue weighted by atomic mass is 9.84. The van der Waals surface area contributed by atoms with Crippen molar-refractivity contribution in [3.05, 3.63) is 0 Å². The molecule has 0 aromatic heterocycles. The van der Waals surface area contributed by atoms with Gasteiger partial charge in [0.25, 0.3) is 0 Å². The molecule has 68 valence electrons. The maximum absolute atomic E-state index is 5.39. The quantitative estimate of drug-likeness (QED) is 0.588. The smallest absolute Gasteiger partial charge is 0.135 e. The van der Waals surface area contributed by atoms with Crippen molar-refractivity contribution >= 4 is 5.71 Å². The molecule has 0 amide bonds. The van der Waals surface area contributed by atoms with E-state index in [4.69, 9.17) is 4.84 Å². The molecule has 2 aliphatic rings. The summed E-state index contributed by atoms with van der Waals surface area (Å²) in [6.45, 7) is 2.06. The van der Waals surface area contributed by atoms with E-state index < -0.39 is 0 Å². The van der Waals surface area contributed by atoms with Gasteiger partial charge in [0.2, 0.25) is 0 Å². The Kier molecular flexibility index (Phi) is 2.33. The summed E-state index contributed by atoms with van der Waals surface area (Å²) in [6, 6.07) is 0. The van der Waals surface area contributed by atoms with Crippen LogP contribution in [0.25, 0.3) is 0 Å². The number of rotatable bonds is 1. The van der Waals surface area contributed by atoms with E-state index >= 15 is 0 Å². The molecule has 1 saturated carbocycles. The molecule has 1 fully saturated rings. The minimum Gasteiger partial charge on any atom is -0.392 e. The molecule has 1 atom stereocenters. The molecule has 2 rings (SSSR count). The SMILES string of the molecule is CC1=NOC(C2CCCCC2)C1. The summed E-state index contributed by atoms with van der Waals surface area (Å²) in [7, 11) is 0. The molecule has 0 radical (unpaired) electrons. The van der Waals surface area contributed by atoms with Crippen molar-refractivity contribution in [2.45, 2.75) is 51.6 Å². The van der Waals surface area contributed by atoms with E-state index in [2.05, 4.69) is 12.1 Å². The minimum absolute atomic E-state index is 0.422. The Morgan fingerprint density at radius 2 is 2.00 bits per heavy atom. The molecule has 0 aromatic rings. The van der Waals surface area contributed by atoms with Gasteiger partial charge in [-0.25, -0.2) is 0 Å². The molecule has 0 bridgehead atoms. The van der Waals surface area contributed by atoms with Gasteiger partial charge in [-0.1, -0.05) is 24.4 Å². The fourth-order valence-electron chi connectivity index (χ4n) is 2.28. The molecule has 0 spiro atoms. The van der Waals surface area contributed by atoms with Gasteiger partial charge in [0.1, 0.15) is 6.10 Å². The first kappa shape index (κ1) is 8.09. The summed E-state index contributed by atoms with van der Waals surface area (Å²) < 4.78 is 0. The average Bonchev–Trinajstić information content (AvgIpc) is 2.54. The van der Waals surface area contributed by atoms with E-state index in [9.17, 15) is 0 Å². The molecule has 0 N–H and O–H groups in total. The first-order valence-corrected chi connectivity index (χ1v) is 5.05. The van der Waals surface area contributed by atoms with Gasteiger partial charge in [-0.2, -0.15) is 0 Å². The summed E-state index contributed by atoms with van der Waals surface area (Å²) >= 11 is 0. The molecule has 1 heterocycles. The van der Waals surface area contributed by atoms with Crippen LogP contribution in [0.5, 0.6) is 0 Å². The van der Waals surface area contributed by atoms with Crippen molar-refractivity contribution in [2.75, 3.05) is 0 Å². The lowest BCUT2D eigenvalue weighted by Gasteiger charge is -2.25. The number of hydrogen-bond donors (Lipinski definition) is 0. The minimum atomic E-state index is 0.422. The molecule has 1 aliphatic heterocycles. The van der Waals surface area contributed by atoms with Crippen LogP contribution in [0.3, 0.4) is 0 Å². The van der Waals surface area contributed by atoms with Crippen LogP contribution in [0.4, 0.5) is 0 Å². The van der Waals surface area contributed by atoms with E-state index in [1.807, 2.05) is 0 Å². The molecule has 0 saturated heterocycles. The zero-order valence-corrected chi connectivity index (χ0v) is 7.75. The highest BCUT2D eigenvalue weighted by atomic mass is 16.6. The summed E-state index contributed by atoms with van der Waals surface area (Å²) in [4.78, 5) is 5.39. The molecule has 1 aliphatic carbocycles. The molecule has 12 heavy (non-hydrogen) atoms. The van der Waals surface area contributed by atoms with Gasteiger partial charge >= 0.3 is 0 Å². The Labute approximate surface area is 74.0 Å². The van der Waals surface area contributed by atoms with Crippen LogP contribution >= 0.6 is 0 Å². The Morgan fingerprint density at radius 1 is 1.25 bits per heavy atom. The van der Waals surface area contributed by atoms with Crippen molar-refractivity contribution in [3.63, 3.8) is 0 Å². The Balaban J connectivity index is 1.85. The number of nitrogens with zero attached hydrogens (tertiary/aromatic N) is 1. The monoisotopic (exact) mass is 167 g/mol. The van der Waals surface area contributed by atoms with E-state index in [1.54, 1.807) is 0 Å². The van der Waals surface area contributed by atoms with E-state index in [0.717, 1.165) is 12.3 Å². The zero-order valence-electron chi connectivity index (χ0n) is 7.75. The second-order valence-electron chi connectivity index (χ2n) is 4.07. The van der Waals surface area contributed by atoms with Crippen LogP contribution in [-0.4, -0.2) is 11.8 Å². The predicted octanol–water partition coefficient (Wildman–Crippen LogP) is 2.73. The third-order valence-corrected chi connectivity index (χ3v) is 3.02.